The molecule has 10 heteroatoms. The van der Waals surface area contributed by atoms with Crippen molar-refractivity contribution in [3.63, 3.8) is 0 Å². The first-order valence-electron chi connectivity index (χ1n) is 37.9. The van der Waals surface area contributed by atoms with Gasteiger partial charge in [0.2, 0.25) is 0 Å². The second kappa shape index (κ2) is 72.6. The highest BCUT2D eigenvalue weighted by Gasteiger charge is 2.27. The molecule has 0 rings (SSSR count). The molecule has 1 N–H and O–H groups in total. The zero-order chi connectivity index (χ0) is 68.3. The predicted molar refractivity (Wildman–Crippen MR) is 408 cm³/mol. The van der Waals surface area contributed by atoms with Crippen LogP contribution in [0.4, 0.5) is 0 Å². The van der Waals surface area contributed by atoms with Gasteiger partial charge < -0.3 is 18.9 Å². The first-order valence-corrected chi connectivity index (χ1v) is 39.4. The maximum Gasteiger partial charge on any atom is 0.472 e. The molecule has 0 aliphatic rings. The first-order chi connectivity index (χ1) is 46.0. The van der Waals surface area contributed by atoms with Crippen molar-refractivity contribution in [3.05, 3.63) is 170 Å². The van der Waals surface area contributed by atoms with E-state index in [0.29, 0.717) is 17.4 Å². The van der Waals surface area contributed by atoms with Gasteiger partial charge in [0.05, 0.1) is 27.7 Å². The number of allylic oxidation sites excluding steroid dienone is 28. The lowest BCUT2D eigenvalue weighted by Crippen LogP contribution is -2.37. The molecule has 534 valence electrons. The van der Waals surface area contributed by atoms with E-state index in [-0.39, 0.29) is 32.0 Å². The molecular formula is C84H141NO8P+. The minimum Gasteiger partial charge on any atom is -0.462 e. The summed E-state index contributed by atoms with van der Waals surface area (Å²) < 4.78 is 34.8. The van der Waals surface area contributed by atoms with E-state index in [9.17, 15) is 19.0 Å². The topological polar surface area (TPSA) is 108 Å². The Bertz CT molecular complexity index is 2200. The molecule has 9 nitrogen and oxygen atoms in total. The molecule has 0 bridgehead atoms. The summed E-state index contributed by atoms with van der Waals surface area (Å²) in [5.74, 6) is -0.808. The van der Waals surface area contributed by atoms with E-state index in [1.165, 1.54) is 128 Å². The quantitative estimate of drug-likeness (QED) is 0.0211. The number of phosphoric ester groups is 1. The number of quaternary nitrogens is 1. The molecular weight excluding hydrogens is 1180 g/mol. The predicted octanol–water partition coefficient (Wildman–Crippen LogP) is 25.3. The van der Waals surface area contributed by atoms with Crippen LogP contribution in [-0.2, 0) is 32.7 Å². The number of unbranched alkanes of at least 4 members (excludes halogenated alkanes) is 26. The van der Waals surface area contributed by atoms with E-state index in [2.05, 4.69) is 184 Å². The third kappa shape index (κ3) is 76.4. The number of phosphoric acid groups is 1. The maximum absolute atomic E-state index is 12.9. The summed E-state index contributed by atoms with van der Waals surface area (Å²) in [6.45, 7) is 4.21. The smallest absolute Gasteiger partial charge is 0.462 e. The molecule has 2 unspecified atom stereocenters. The molecule has 0 fully saturated rings. The Morgan fingerprint density at radius 1 is 0.330 bits per heavy atom. The number of nitrogens with zero attached hydrogens (tertiary/aromatic N) is 1. The lowest BCUT2D eigenvalue weighted by Gasteiger charge is -2.24. The van der Waals surface area contributed by atoms with Gasteiger partial charge in [0.1, 0.15) is 19.8 Å². The molecule has 0 aromatic rings. The van der Waals surface area contributed by atoms with Gasteiger partial charge in [-0.1, -0.05) is 325 Å². The molecule has 0 heterocycles. The third-order valence-electron chi connectivity index (χ3n) is 15.7. The SMILES string of the molecule is CC/C=C\C/C=C\C/C=C\C/C=C\C/C=C\C/C=C\C/C=C\C/C=C\C/C=C\C/C=C\CCCCCCCCCCC(=O)OC(COC(=O)CCCCCCCCCCCCCCCCCCCC/C=C\C/C=C\C/C=C\C/C=C\CC)COP(=O)(O)OCC[N+](C)(C)C. The zero-order valence-corrected chi connectivity index (χ0v) is 61.8. The molecule has 0 aliphatic heterocycles. The molecule has 2 atom stereocenters. The van der Waals surface area contributed by atoms with E-state index in [1.54, 1.807) is 0 Å². The highest BCUT2D eigenvalue weighted by molar-refractivity contribution is 7.47. The van der Waals surface area contributed by atoms with Crippen LogP contribution in [0.3, 0.4) is 0 Å². The fourth-order valence-corrected chi connectivity index (χ4v) is 10.8. The number of hydrogen-bond acceptors (Lipinski definition) is 7. The lowest BCUT2D eigenvalue weighted by atomic mass is 10.0. The molecule has 0 aliphatic carbocycles. The van der Waals surface area contributed by atoms with Gasteiger partial charge in [-0.25, -0.2) is 4.57 Å². The minimum absolute atomic E-state index is 0.0230. The van der Waals surface area contributed by atoms with Crippen molar-refractivity contribution >= 4 is 19.8 Å². The monoisotopic (exact) mass is 1320 g/mol. The van der Waals surface area contributed by atoms with Crippen LogP contribution in [0.5, 0.6) is 0 Å². The van der Waals surface area contributed by atoms with Crippen LogP contribution in [0.1, 0.15) is 296 Å². The number of ether oxygens (including phenoxy) is 2. The van der Waals surface area contributed by atoms with E-state index in [0.717, 1.165) is 135 Å². The molecule has 0 aromatic heterocycles. The number of esters is 2. The molecule has 0 saturated heterocycles. The number of likely N-dealkylation sites (N-methyl/N-ethyl adjacent to an activating group) is 1. The summed E-state index contributed by atoms with van der Waals surface area (Å²) in [5, 5.41) is 0. The van der Waals surface area contributed by atoms with Crippen LogP contribution in [-0.4, -0.2) is 74.9 Å². The van der Waals surface area contributed by atoms with Gasteiger partial charge in [-0.3, -0.25) is 18.6 Å². The normalized spacial score (nSPS) is 14.1. The van der Waals surface area contributed by atoms with Crippen LogP contribution in [0.2, 0.25) is 0 Å². The van der Waals surface area contributed by atoms with Crippen molar-refractivity contribution in [3.8, 4) is 0 Å². The summed E-state index contributed by atoms with van der Waals surface area (Å²) in [7, 11) is 1.46. The Balaban J connectivity index is 4.08. The molecule has 0 spiro atoms. The highest BCUT2D eigenvalue weighted by atomic mass is 31.2. The second-order valence-electron chi connectivity index (χ2n) is 25.9. The zero-order valence-electron chi connectivity index (χ0n) is 60.9. The average molecular weight is 1320 g/mol. The van der Waals surface area contributed by atoms with Crippen molar-refractivity contribution < 1.29 is 42.1 Å². The summed E-state index contributed by atoms with van der Waals surface area (Å²) >= 11 is 0. The average Bonchev–Trinajstić information content (AvgIpc) is 1.56. The van der Waals surface area contributed by atoms with Crippen LogP contribution < -0.4 is 0 Å². The van der Waals surface area contributed by atoms with Crippen molar-refractivity contribution in [2.75, 3.05) is 47.5 Å². The van der Waals surface area contributed by atoms with Crippen LogP contribution in [0.25, 0.3) is 0 Å². The van der Waals surface area contributed by atoms with Crippen LogP contribution in [0.15, 0.2) is 170 Å². The van der Waals surface area contributed by atoms with E-state index in [1.807, 2.05) is 21.1 Å². The molecule has 0 amide bonds. The van der Waals surface area contributed by atoms with Gasteiger partial charge in [-0.15, -0.1) is 0 Å². The van der Waals surface area contributed by atoms with Crippen molar-refractivity contribution in [2.45, 2.75) is 302 Å². The fourth-order valence-electron chi connectivity index (χ4n) is 10.0. The van der Waals surface area contributed by atoms with E-state index >= 15 is 0 Å². The Hall–Kier alpha value is -4.63. The number of carbonyl (C=O) groups is 2. The Kier molecular flexibility index (Phi) is 69.1. The summed E-state index contributed by atoms with van der Waals surface area (Å²) in [5.41, 5.74) is 0. The Labute approximate surface area is 578 Å². The van der Waals surface area contributed by atoms with Crippen molar-refractivity contribution in [2.24, 2.45) is 0 Å². The summed E-state index contributed by atoms with van der Waals surface area (Å²) in [6, 6.07) is 0. The van der Waals surface area contributed by atoms with Gasteiger partial charge in [0, 0.05) is 12.8 Å². The van der Waals surface area contributed by atoms with Gasteiger partial charge >= 0.3 is 19.8 Å². The fraction of sp³-hybridized carbons (Fsp3) is 0.643. The minimum atomic E-state index is -4.41. The molecule has 0 aromatic carbocycles. The Morgan fingerprint density at radius 2 is 0.574 bits per heavy atom. The number of carbonyl (C=O) groups excluding carboxylic acids is 2. The second-order valence-corrected chi connectivity index (χ2v) is 27.4. The number of rotatable bonds is 68. The lowest BCUT2D eigenvalue weighted by molar-refractivity contribution is -0.870. The van der Waals surface area contributed by atoms with Crippen molar-refractivity contribution in [1.82, 2.24) is 0 Å². The van der Waals surface area contributed by atoms with Gasteiger partial charge in [0.25, 0.3) is 0 Å². The number of hydrogen-bond donors (Lipinski definition) is 1. The summed E-state index contributed by atoms with van der Waals surface area (Å²) in [4.78, 5) is 36.0. The van der Waals surface area contributed by atoms with Gasteiger partial charge in [-0.05, 0) is 128 Å². The standard InChI is InChI=1S/C84H140NO8P/c1-6-8-10-12-14-16-18-20-22-24-26-28-30-32-34-36-38-39-40-41-42-43-44-45-47-49-51-53-55-57-59-61-63-65-67-69-71-73-75-77-84(87)93-82(81-92-94(88,89)91-79-78-85(3,4)5)80-90-83(86)76-74-72-70-68-66-64-62-60-58-56-54-52-50-48-46-37-35-33-31-29-27-25-23-21-19-17-15-13-11-9-7-2/h8-11,14-17,20-23,26-29,32,34,38-39,41-42,44-45,49,51,55,57,82H,6-7,12-13,18-19,24-25,30-31,33,35-37,40,43,46-48,50,52-54,56,58-81H2,1-5H3/p+1/b10-8-,11-9-,16-14-,17-15-,22-20-,23-21-,28-26-,29-27-,34-32-,39-38-,42-41-,45-44-,51-49-,57-55-. The van der Waals surface area contributed by atoms with Gasteiger partial charge in [0.15, 0.2) is 6.10 Å². The Morgan fingerprint density at radius 3 is 0.851 bits per heavy atom. The van der Waals surface area contributed by atoms with Gasteiger partial charge in [-0.2, -0.15) is 0 Å². The molecule has 0 radical (unpaired) electrons. The highest BCUT2D eigenvalue weighted by Crippen LogP contribution is 2.43. The van der Waals surface area contributed by atoms with E-state index in [4.69, 9.17) is 18.5 Å². The maximum atomic E-state index is 12.9. The third-order valence-corrected chi connectivity index (χ3v) is 16.7. The first kappa shape index (κ1) is 89.4. The van der Waals surface area contributed by atoms with Crippen LogP contribution >= 0.6 is 7.82 Å². The largest absolute Gasteiger partial charge is 0.472 e. The summed E-state index contributed by atoms with van der Waals surface area (Å²) in [6.07, 6.45) is 110. The van der Waals surface area contributed by atoms with Crippen molar-refractivity contribution in [1.29, 1.82) is 0 Å². The molecule has 94 heavy (non-hydrogen) atoms. The molecule has 0 saturated carbocycles. The van der Waals surface area contributed by atoms with Crippen LogP contribution in [0, 0.1) is 0 Å². The van der Waals surface area contributed by atoms with E-state index < -0.39 is 26.5 Å².